The topological polar surface area (TPSA) is 38.5 Å². The lowest BCUT2D eigenvalue weighted by Gasteiger charge is -2.18. The summed E-state index contributed by atoms with van der Waals surface area (Å²) in [6.45, 7) is 10.7. The third kappa shape index (κ3) is 9.88. The highest BCUT2D eigenvalue weighted by molar-refractivity contribution is 4.53. The first-order valence-electron chi connectivity index (χ1n) is 4.76. The molecule has 0 aromatic rings. The molecular formula is C9H24N2O. The molecule has 0 aliphatic carbocycles. The van der Waals surface area contributed by atoms with Gasteiger partial charge in [0.25, 0.3) is 0 Å². The second-order valence-electron chi connectivity index (χ2n) is 2.22. The van der Waals surface area contributed by atoms with Crippen molar-refractivity contribution in [2.45, 2.75) is 20.8 Å². The maximum absolute atomic E-state index is 5.39. The number of hydrogen-bond acceptors (Lipinski definition) is 3. The predicted molar refractivity (Wildman–Crippen MR) is 54.4 cm³/mol. The van der Waals surface area contributed by atoms with Crippen molar-refractivity contribution >= 4 is 0 Å². The molecule has 0 atom stereocenters. The van der Waals surface area contributed by atoms with E-state index in [2.05, 4.69) is 11.8 Å². The fourth-order valence-corrected chi connectivity index (χ4v) is 0.831. The minimum Gasteiger partial charge on any atom is -0.383 e. The predicted octanol–water partition coefficient (Wildman–Crippen LogP) is 0.940. The third-order valence-corrected chi connectivity index (χ3v) is 1.50. The minimum absolute atomic E-state index is 0.734. The summed E-state index contributed by atoms with van der Waals surface area (Å²) in [6.07, 6.45) is 0. The summed E-state index contributed by atoms with van der Waals surface area (Å²) < 4.78 is 4.94. The van der Waals surface area contributed by atoms with Crippen molar-refractivity contribution in [1.82, 2.24) is 4.90 Å². The smallest absolute Gasteiger partial charge is 0.0589 e. The second kappa shape index (κ2) is 13.5. The highest BCUT2D eigenvalue weighted by Crippen LogP contribution is 1.84. The molecule has 0 saturated carbocycles. The summed E-state index contributed by atoms with van der Waals surface area (Å²) in [7, 11) is 1.72. The molecule has 0 heterocycles. The van der Waals surface area contributed by atoms with Crippen LogP contribution in [0.15, 0.2) is 0 Å². The molecule has 0 amide bonds. The van der Waals surface area contributed by atoms with Gasteiger partial charge in [0, 0.05) is 26.7 Å². The van der Waals surface area contributed by atoms with Gasteiger partial charge in [0.2, 0.25) is 0 Å². The van der Waals surface area contributed by atoms with Crippen molar-refractivity contribution in [2.24, 2.45) is 5.73 Å². The van der Waals surface area contributed by atoms with Gasteiger partial charge in [0.05, 0.1) is 6.61 Å². The summed E-state index contributed by atoms with van der Waals surface area (Å²) in [5.41, 5.74) is 5.39. The maximum atomic E-state index is 5.39. The molecule has 0 aromatic carbocycles. The fraction of sp³-hybridized carbons (Fsp3) is 1.00. The Morgan fingerprint density at radius 3 is 2.17 bits per heavy atom. The molecule has 0 fully saturated rings. The van der Waals surface area contributed by atoms with E-state index in [0.29, 0.717) is 0 Å². The zero-order valence-corrected chi connectivity index (χ0v) is 8.97. The molecule has 76 valence electrons. The van der Waals surface area contributed by atoms with Gasteiger partial charge in [-0.1, -0.05) is 20.8 Å². The zero-order chi connectivity index (χ0) is 9.82. The van der Waals surface area contributed by atoms with E-state index >= 15 is 0 Å². The summed E-state index contributed by atoms with van der Waals surface area (Å²) in [5.74, 6) is 0. The van der Waals surface area contributed by atoms with Gasteiger partial charge in [-0.05, 0) is 6.54 Å². The quantitative estimate of drug-likeness (QED) is 0.654. The Morgan fingerprint density at radius 1 is 1.25 bits per heavy atom. The van der Waals surface area contributed by atoms with Crippen LogP contribution in [0.1, 0.15) is 20.8 Å². The molecule has 0 aromatic heterocycles. The van der Waals surface area contributed by atoms with Gasteiger partial charge in [0.1, 0.15) is 0 Å². The molecule has 3 heteroatoms. The molecule has 0 unspecified atom stereocenters. The Labute approximate surface area is 76.9 Å². The monoisotopic (exact) mass is 176 g/mol. The molecule has 0 rings (SSSR count). The molecule has 3 nitrogen and oxygen atoms in total. The lowest BCUT2D eigenvalue weighted by atomic mass is 10.4. The van der Waals surface area contributed by atoms with E-state index in [4.69, 9.17) is 10.5 Å². The van der Waals surface area contributed by atoms with Gasteiger partial charge >= 0.3 is 0 Å². The molecule has 0 saturated heterocycles. The van der Waals surface area contributed by atoms with E-state index in [-0.39, 0.29) is 0 Å². The van der Waals surface area contributed by atoms with Crippen LogP contribution in [0.5, 0.6) is 0 Å². The van der Waals surface area contributed by atoms with Gasteiger partial charge in [0.15, 0.2) is 0 Å². The minimum atomic E-state index is 0.734. The van der Waals surface area contributed by atoms with E-state index in [1.165, 1.54) is 0 Å². The Bertz CT molecular complexity index is 69.5. The van der Waals surface area contributed by atoms with Crippen molar-refractivity contribution < 1.29 is 4.74 Å². The van der Waals surface area contributed by atoms with Gasteiger partial charge in [-0.2, -0.15) is 0 Å². The Kier molecular flexibility index (Phi) is 16.2. The molecule has 12 heavy (non-hydrogen) atoms. The highest BCUT2D eigenvalue weighted by atomic mass is 16.5. The van der Waals surface area contributed by atoms with Crippen molar-refractivity contribution in [3.63, 3.8) is 0 Å². The number of ether oxygens (including phenoxy) is 1. The van der Waals surface area contributed by atoms with E-state index < -0.39 is 0 Å². The van der Waals surface area contributed by atoms with Crippen LogP contribution in [0, 0.1) is 0 Å². The lowest BCUT2D eigenvalue weighted by Crippen LogP contribution is -2.32. The number of likely N-dealkylation sites (N-methyl/N-ethyl adjacent to an activating group) is 1. The van der Waals surface area contributed by atoms with Crippen molar-refractivity contribution in [1.29, 1.82) is 0 Å². The van der Waals surface area contributed by atoms with Gasteiger partial charge in [-0.3, -0.25) is 0 Å². The van der Waals surface area contributed by atoms with Gasteiger partial charge < -0.3 is 15.4 Å². The van der Waals surface area contributed by atoms with Crippen molar-refractivity contribution in [3.8, 4) is 0 Å². The maximum Gasteiger partial charge on any atom is 0.0589 e. The number of methoxy groups -OCH3 is 1. The van der Waals surface area contributed by atoms with Crippen LogP contribution in [0.4, 0.5) is 0 Å². The molecule has 0 bridgehead atoms. The average Bonchev–Trinajstić information content (AvgIpc) is 2.15. The molecule has 2 N–H and O–H groups in total. The van der Waals surface area contributed by atoms with Crippen molar-refractivity contribution in [3.05, 3.63) is 0 Å². The Balaban J connectivity index is 0. The van der Waals surface area contributed by atoms with Crippen LogP contribution in [0.2, 0.25) is 0 Å². The third-order valence-electron chi connectivity index (χ3n) is 1.50. The number of nitrogens with zero attached hydrogens (tertiary/aromatic N) is 1. The summed E-state index contributed by atoms with van der Waals surface area (Å²) in [4.78, 5) is 2.27. The normalized spacial score (nSPS) is 9.50. The fourth-order valence-electron chi connectivity index (χ4n) is 0.831. The lowest BCUT2D eigenvalue weighted by molar-refractivity contribution is 0.152. The second-order valence-corrected chi connectivity index (χ2v) is 2.22. The largest absolute Gasteiger partial charge is 0.383 e. The molecular weight excluding hydrogens is 152 g/mol. The van der Waals surface area contributed by atoms with E-state index in [0.717, 1.165) is 32.8 Å². The van der Waals surface area contributed by atoms with E-state index in [9.17, 15) is 0 Å². The number of nitrogens with two attached hydrogens (primary N) is 1. The SMILES string of the molecule is CC.CCN(CCN)CCOC. The zero-order valence-electron chi connectivity index (χ0n) is 8.97. The summed E-state index contributed by atoms with van der Waals surface area (Å²) in [6, 6.07) is 0. The number of hydrogen-bond donors (Lipinski definition) is 1. The Hall–Kier alpha value is -0.120. The van der Waals surface area contributed by atoms with Crippen LogP contribution < -0.4 is 5.73 Å². The first kappa shape index (κ1) is 14.4. The van der Waals surface area contributed by atoms with Crippen LogP contribution in [0.3, 0.4) is 0 Å². The van der Waals surface area contributed by atoms with E-state index in [1.54, 1.807) is 7.11 Å². The number of rotatable bonds is 6. The van der Waals surface area contributed by atoms with Crippen LogP contribution >= 0.6 is 0 Å². The molecule has 0 spiro atoms. The summed E-state index contributed by atoms with van der Waals surface area (Å²) >= 11 is 0. The van der Waals surface area contributed by atoms with Crippen LogP contribution in [-0.2, 0) is 4.74 Å². The Morgan fingerprint density at radius 2 is 1.83 bits per heavy atom. The molecule has 0 aliphatic rings. The van der Waals surface area contributed by atoms with Crippen LogP contribution in [-0.4, -0.2) is 44.8 Å². The molecule has 0 aliphatic heterocycles. The van der Waals surface area contributed by atoms with Crippen molar-refractivity contribution in [2.75, 3.05) is 39.9 Å². The average molecular weight is 176 g/mol. The van der Waals surface area contributed by atoms with E-state index in [1.807, 2.05) is 13.8 Å². The first-order valence-corrected chi connectivity index (χ1v) is 4.76. The van der Waals surface area contributed by atoms with Gasteiger partial charge in [-0.15, -0.1) is 0 Å². The van der Waals surface area contributed by atoms with Gasteiger partial charge in [-0.25, -0.2) is 0 Å². The summed E-state index contributed by atoms with van der Waals surface area (Å²) in [5, 5.41) is 0. The highest BCUT2D eigenvalue weighted by Gasteiger charge is 1.97. The molecule has 0 radical (unpaired) electrons. The standard InChI is InChI=1S/C7H18N2O.C2H6/c1-3-9(5-4-8)6-7-10-2;1-2/h3-8H2,1-2H3;1-2H3. The first-order chi connectivity index (χ1) is 5.85. The van der Waals surface area contributed by atoms with Crippen LogP contribution in [0.25, 0.3) is 0 Å².